The predicted molar refractivity (Wildman–Crippen MR) is 79.6 cm³/mol. The fraction of sp³-hybridized carbons (Fsp3) is 0.615. The lowest BCUT2D eigenvalue weighted by atomic mass is 10.1. The number of aryl methyl sites for hydroxylation is 1. The molecule has 0 aliphatic heterocycles. The van der Waals surface area contributed by atoms with E-state index >= 15 is 0 Å². The lowest BCUT2D eigenvalue weighted by Gasteiger charge is -2.16. The summed E-state index contributed by atoms with van der Waals surface area (Å²) >= 11 is 0. The molecule has 0 bridgehead atoms. The zero-order chi connectivity index (χ0) is 15.3. The molecule has 114 valence electrons. The van der Waals surface area contributed by atoms with Crippen LogP contribution in [0.3, 0.4) is 0 Å². The van der Waals surface area contributed by atoms with Crippen molar-refractivity contribution in [2.24, 2.45) is 0 Å². The van der Waals surface area contributed by atoms with Gasteiger partial charge in [0.1, 0.15) is 10.6 Å². The van der Waals surface area contributed by atoms with E-state index in [9.17, 15) is 13.2 Å². The summed E-state index contributed by atoms with van der Waals surface area (Å²) in [6.45, 7) is 6.40. The van der Waals surface area contributed by atoms with Crippen molar-refractivity contribution in [1.82, 2.24) is 9.88 Å². The van der Waals surface area contributed by atoms with Crippen LogP contribution < -0.4 is 5.32 Å². The minimum atomic E-state index is -3.82. The second kappa shape index (κ2) is 7.13. The summed E-state index contributed by atoms with van der Waals surface area (Å²) in [5.41, 5.74) is 0.321. The lowest BCUT2D eigenvalue weighted by Crippen LogP contribution is -2.35. The molecule has 1 rings (SSSR count). The Morgan fingerprint density at radius 1 is 1.40 bits per heavy atom. The first-order chi connectivity index (χ1) is 9.33. The van der Waals surface area contributed by atoms with Crippen molar-refractivity contribution in [2.45, 2.75) is 57.5 Å². The van der Waals surface area contributed by atoms with Crippen LogP contribution in [0.4, 0.5) is 0 Å². The van der Waals surface area contributed by atoms with Gasteiger partial charge >= 0.3 is 0 Å². The summed E-state index contributed by atoms with van der Waals surface area (Å²) in [7, 11) is 1.49. The average Bonchev–Trinajstić information content (AvgIpc) is 2.82. The molecule has 0 aliphatic rings. The number of rotatable bonds is 7. The Bertz CT molecular complexity index is 566. The number of nitrogens with one attached hydrogen (secondary N) is 1. The van der Waals surface area contributed by atoms with E-state index in [0.29, 0.717) is 12.2 Å². The van der Waals surface area contributed by atoms with Crippen LogP contribution in [-0.4, -0.2) is 24.9 Å². The molecule has 1 atom stereocenters. The minimum absolute atomic E-state index is 0.0466. The number of hydrogen-bond acceptors (Lipinski definition) is 3. The largest absolute Gasteiger partial charge is 0.348 e. The first kappa shape index (κ1) is 17.0. The van der Waals surface area contributed by atoms with Crippen molar-refractivity contribution in [3.63, 3.8) is 0 Å². The number of amides is 1. The highest BCUT2D eigenvalue weighted by atomic mass is 35.7. The summed E-state index contributed by atoms with van der Waals surface area (Å²) in [5, 5.41) is 2.93. The number of carbonyl (C=O) groups is 1. The number of aromatic nitrogens is 1. The maximum atomic E-state index is 12.2. The quantitative estimate of drug-likeness (QED) is 0.785. The third-order valence-corrected chi connectivity index (χ3v) is 4.51. The Morgan fingerprint density at radius 3 is 2.50 bits per heavy atom. The maximum Gasteiger partial charge on any atom is 0.268 e. The first-order valence-electron chi connectivity index (χ1n) is 6.79. The van der Waals surface area contributed by atoms with Gasteiger partial charge in [0.25, 0.3) is 15.0 Å². The highest BCUT2D eigenvalue weighted by Gasteiger charge is 2.20. The highest BCUT2D eigenvalue weighted by molar-refractivity contribution is 8.13. The van der Waals surface area contributed by atoms with E-state index in [-0.39, 0.29) is 16.8 Å². The van der Waals surface area contributed by atoms with Crippen LogP contribution in [0, 0.1) is 0 Å². The third kappa shape index (κ3) is 4.24. The molecule has 0 saturated heterocycles. The molecule has 1 N–H and O–H groups in total. The predicted octanol–water partition coefficient (Wildman–Crippen LogP) is 2.74. The van der Waals surface area contributed by atoms with E-state index in [4.69, 9.17) is 10.7 Å². The van der Waals surface area contributed by atoms with E-state index < -0.39 is 9.05 Å². The molecule has 0 aromatic carbocycles. The van der Waals surface area contributed by atoms with Gasteiger partial charge in [-0.1, -0.05) is 20.3 Å². The van der Waals surface area contributed by atoms with Crippen LogP contribution in [0.1, 0.15) is 50.5 Å². The number of hydrogen-bond donors (Lipinski definition) is 1. The molecule has 1 unspecified atom stereocenters. The van der Waals surface area contributed by atoms with Crippen molar-refractivity contribution < 1.29 is 13.2 Å². The maximum absolute atomic E-state index is 12.2. The molecule has 7 heteroatoms. The lowest BCUT2D eigenvalue weighted by molar-refractivity contribution is 0.0924. The van der Waals surface area contributed by atoms with Gasteiger partial charge in [-0.15, -0.1) is 0 Å². The van der Waals surface area contributed by atoms with Gasteiger partial charge in [0.15, 0.2) is 0 Å². The Kier molecular flexibility index (Phi) is 6.07. The first-order valence-corrected chi connectivity index (χ1v) is 9.10. The molecule has 0 saturated carbocycles. The zero-order valence-corrected chi connectivity index (χ0v) is 13.6. The second-order valence-electron chi connectivity index (χ2n) is 4.65. The van der Waals surface area contributed by atoms with Gasteiger partial charge < -0.3 is 9.88 Å². The van der Waals surface area contributed by atoms with Crippen molar-refractivity contribution in [1.29, 1.82) is 0 Å². The summed E-state index contributed by atoms with van der Waals surface area (Å²) in [6.07, 6.45) is 4.11. The topological polar surface area (TPSA) is 68.2 Å². The van der Waals surface area contributed by atoms with Gasteiger partial charge in [-0.25, -0.2) is 8.42 Å². The van der Waals surface area contributed by atoms with E-state index in [1.54, 1.807) is 4.57 Å². The van der Waals surface area contributed by atoms with E-state index in [2.05, 4.69) is 12.2 Å². The minimum Gasteiger partial charge on any atom is -0.348 e. The van der Waals surface area contributed by atoms with Crippen molar-refractivity contribution in [2.75, 3.05) is 0 Å². The molecule has 1 amide bonds. The molecule has 0 spiro atoms. The van der Waals surface area contributed by atoms with E-state index in [1.165, 1.54) is 12.3 Å². The highest BCUT2D eigenvalue weighted by Crippen LogP contribution is 2.19. The molecular weight excluding hydrogens is 300 g/mol. The van der Waals surface area contributed by atoms with Gasteiger partial charge in [-0.05, 0) is 25.8 Å². The second-order valence-corrected chi connectivity index (χ2v) is 7.22. The molecule has 0 fully saturated rings. The number of halogens is 1. The van der Waals surface area contributed by atoms with Crippen LogP contribution in [0.2, 0.25) is 0 Å². The van der Waals surface area contributed by atoms with Crippen LogP contribution in [-0.2, 0) is 15.6 Å². The Balaban J connectivity index is 3.00. The molecule has 1 aromatic heterocycles. The van der Waals surface area contributed by atoms with Crippen molar-refractivity contribution >= 4 is 25.6 Å². The molecule has 5 nitrogen and oxygen atoms in total. The molecule has 0 aliphatic carbocycles. The summed E-state index contributed by atoms with van der Waals surface area (Å²) in [5.74, 6) is -0.265. The molecule has 0 radical (unpaired) electrons. The zero-order valence-electron chi connectivity index (χ0n) is 12.0. The van der Waals surface area contributed by atoms with Crippen LogP contribution in [0.5, 0.6) is 0 Å². The summed E-state index contributed by atoms with van der Waals surface area (Å²) in [4.78, 5) is 12.2. The normalized spacial score (nSPS) is 13.2. The fourth-order valence-electron chi connectivity index (χ4n) is 2.06. The molecule has 1 aromatic rings. The molecule has 20 heavy (non-hydrogen) atoms. The van der Waals surface area contributed by atoms with Crippen LogP contribution in [0.15, 0.2) is 17.2 Å². The number of carbonyl (C=O) groups excluding carboxylic acids is 1. The number of nitrogens with zero attached hydrogens (tertiary/aromatic N) is 1. The SMILES string of the molecule is CCCC(CC)NC(=O)c1cc(S(=O)(=O)Cl)cn1CC. The van der Waals surface area contributed by atoms with Gasteiger partial charge in [0.2, 0.25) is 0 Å². The average molecular weight is 321 g/mol. The van der Waals surface area contributed by atoms with Crippen LogP contribution >= 0.6 is 10.7 Å². The smallest absolute Gasteiger partial charge is 0.268 e. The van der Waals surface area contributed by atoms with Gasteiger partial charge in [0.05, 0.1) is 0 Å². The van der Waals surface area contributed by atoms with Crippen molar-refractivity contribution in [3.8, 4) is 0 Å². The molecule has 1 heterocycles. The Labute approximate surface area is 124 Å². The Hall–Kier alpha value is -1.01. The van der Waals surface area contributed by atoms with Gasteiger partial charge in [-0.3, -0.25) is 4.79 Å². The van der Waals surface area contributed by atoms with E-state index in [1.807, 2.05) is 13.8 Å². The standard InChI is InChI=1S/C13H21ClN2O3S/c1-4-7-10(5-2)15-13(17)12-8-11(20(14,18)19)9-16(12)6-3/h8-10H,4-7H2,1-3H3,(H,15,17). The van der Waals surface area contributed by atoms with Gasteiger partial charge in [0, 0.05) is 29.5 Å². The fourth-order valence-corrected chi connectivity index (χ4v) is 2.81. The summed E-state index contributed by atoms with van der Waals surface area (Å²) in [6, 6.07) is 1.42. The van der Waals surface area contributed by atoms with Gasteiger partial charge in [-0.2, -0.15) is 0 Å². The third-order valence-electron chi connectivity index (χ3n) is 3.19. The molecular formula is C13H21ClN2O3S. The van der Waals surface area contributed by atoms with Crippen LogP contribution in [0.25, 0.3) is 0 Å². The van der Waals surface area contributed by atoms with E-state index in [0.717, 1.165) is 19.3 Å². The Morgan fingerprint density at radius 2 is 2.05 bits per heavy atom. The summed E-state index contributed by atoms with van der Waals surface area (Å²) < 4.78 is 24.3. The monoisotopic (exact) mass is 320 g/mol. The van der Waals surface area contributed by atoms with Crippen molar-refractivity contribution in [3.05, 3.63) is 18.0 Å².